The molecule has 0 saturated heterocycles. The minimum Gasteiger partial charge on any atom is -0.487 e. The second-order valence-electron chi connectivity index (χ2n) is 5.57. The summed E-state index contributed by atoms with van der Waals surface area (Å²) in [5, 5.41) is 20.0. The standard InChI is InChI=1S/C15H22O3/c1-10-6-7-12(11(2)16)13(9-10)18-14-5-4-8-15(14,3)17/h6-7,9,11,14,16-17H,4-5,8H2,1-3H3. The van der Waals surface area contributed by atoms with Crippen LogP contribution in [0.15, 0.2) is 18.2 Å². The largest absolute Gasteiger partial charge is 0.487 e. The molecule has 0 spiro atoms. The number of hydrogen-bond acceptors (Lipinski definition) is 3. The molecule has 1 aromatic carbocycles. The van der Waals surface area contributed by atoms with Crippen molar-refractivity contribution in [3.63, 3.8) is 0 Å². The third-order valence-electron chi connectivity index (χ3n) is 3.73. The first-order valence-corrected chi connectivity index (χ1v) is 6.58. The van der Waals surface area contributed by atoms with Gasteiger partial charge in [0.25, 0.3) is 0 Å². The molecule has 0 radical (unpaired) electrons. The van der Waals surface area contributed by atoms with E-state index in [0.29, 0.717) is 5.75 Å². The fourth-order valence-electron chi connectivity index (χ4n) is 2.55. The molecule has 0 aromatic heterocycles. The topological polar surface area (TPSA) is 49.7 Å². The van der Waals surface area contributed by atoms with E-state index in [1.54, 1.807) is 6.92 Å². The number of hydrogen-bond donors (Lipinski definition) is 2. The van der Waals surface area contributed by atoms with E-state index < -0.39 is 11.7 Å². The fourth-order valence-corrected chi connectivity index (χ4v) is 2.55. The van der Waals surface area contributed by atoms with Crippen LogP contribution in [-0.4, -0.2) is 21.9 Å². The van der Waals surface area contributed by atoms with Gasteiger partial charge in [-0.25, -0.2) is 0 Å². The molecule has 1 aromatic rings. The Kier molecular flexibility index (Phi) is 3.64. The Labute approximate surface area is 108 Å². The Hall–Kier alpha value is -1.06. The molecule has 0 amide bonds. The first kappa shape index (κ1) is 13.4. The van der Waals surface area contributed by atoms with Crippen molar-refractivity contribution in [2.24, 2.45) is 0 Å². The van der Waals surface area contributed by atoms with Gasteiger partial charge in [0.1, 0.15) is 11.9 Å². The molecular formula is C15H22O3. The van der Waals surface area contributed by atoms with Gasteiger partial charge in [0, 0.05) is 5.56 Å². The lowest BCUT2D eigenvalue weighted by atomic mass is 10.0. The Morgan fingerprint density at radius 3 is 2.72 bits per heavy atom. The molecule has 1 saturated carbocycles. The third-order valence-corrected chi connectivity index (χ3v) is 3.73. The fraction of sp³-hybridized carbons (Fsp3) is 0.600. The molecule has 18 heavy (non-hydrogen) atoms. The number of rotatable bonds is 3. The lowest BCUT2D eigenvalue weighted by molar-refractivity contribution is -0.0262. The van der Waals surface area contributed by atoms with Gasteiger partial charge in [0.2, 0.25) is 0 Å². The zero-order chi connectivity index (χ0) is 13.3. The average molecular weight is 250 g/mol. The van der Waals surface area contributed by atoms with Crippen molar-refractivity contribution < 1.29 is 14.9 Å². The SMILES string of the molecule is Cc1ccc(C(C)O)c(OC2CCCC2(C)O)c1. The number of aryl methyl sites for hydroxylation is 1. The maximum Gasteiger partial charge on any atom is 0.127 e. The highest BCUT2D eigenvalue weighted by Crippen LogP contribution is 2.35. The normalized spacial score (nSPS) is 29.3. The van der Waals surface area contributed by atoms with Crippen LogP contribution in [0.1, 0.15) is 50.3 Å². The monoisotopic (exact) mass is 250 g/mol. The molecule has 3 unspecified atom stereocenters. The Morgan fingerprint density at radius 2 is 2.17 bits per heavy atom. The van der Waals surface area contributed by atoms with Crippen LogP contribution in [0.5, 0.6) is 5.75 Å². The van der Waals surface area contributed by atoms with Crippen LogP contribution in [0.2, 0.25) is 0 Å². The van der Waals surface area contributed by atoms with E-state index in [0.717, 1.165) is 30.4 Å². The van der Waals surface area contributed by atoms with Crippen LogP contribution in [0, 0.1) is 6.92 Å². The average Bonchev–Trinajstić information content (AvgIpc) is 2.58. The highest BCUT2D eigenvalue weighted by molar-refractivity contribution is 5.38. The number of aliphatic hydroxyl groups is 2. The van der Waals surface area contributed by atoms with Gasteiger partial charge in [-0.2, -0.15) is 0 Å². The second kappa shape index (κ2) is 4.90. The van der Waals surface area contributed by atoms with Crippen LogP contribution in [-0.2, 0) is 0 Å². The predicted molar refractivity (Wildman–Crippen MR) is 70.7 cm³/mol. The molecule has 2 rings (SSSR count). The van der Waals surface area contributed by atoms with Crippen LogP contribution < -0.4 is 4.74 Å². The summed E-state index contributed by atoms with van der Waals surface area (Å²) in [6.45, 7) is 5.54. The minimum atomic E-state index is -0.764. The van der Waals surface area contributed by atoms with Crippen molar-refractivity contribution >= 4 is 0 Å². The van der Waals surface area contributed by atoms with Crippen molar-refractivity contribution in [3.8, 4) is 5.75 Å². The molecule has 100 valence electrons. The molecule has 0 bridgehead atoms. The molecular weight excluding hydrogens is 228 g/mol. The van der Waals surface area contributed by atoms with Crippen molar-refractivity contribution in [2.75, 3.05) is 0 Å². The highest BCUT2D eigenvalue weighted by Gasteiger charge is 2.39. The van der Waals surface area contributed by atoms with Crippen molar-refractivity contribution in [3.05, 3.63) is 29.3 Å². The van der Waals surface area contributed by atoms with Crippen molar-refractivity contribution in [1.82, 2.24) is 0 Å². The van der Waals surface area contributed by atoms with Gasteiger partial charge in [-0.3, -0.25) is 0 Å². The van der Waals surface area contributed by atoms with E-state index >= 15 is 0 Å². The van der Waals surface area contributed by atoms with E-state index in [1.165, 1.54) is 0 Å². The van der Waals surface area contributed by atoms with Crippen LogP contribution >= 0.6 is 0 Å². The van der Waals surface area contributed by atoms with Crippen molar-refractivity contribution in [2.45, 2.75) is 57.8 Å². The Morgan fingerprint density at radius 1 is 1.44 bits per heavy atom. The maximum absolute atomic E-state index is 10.2. The van der Waals surface area contributed by atoms with Gasteiger partial charge in [-0.15, -0.1) is 0 Å². The number of aliphatic hydroxyl groups excluding tert-OH is 1. The summed E-state index contributed by atoms with van der Waals surface area (Å²) in [6.07, 6.45) is 1.87. The summed E-state index contributed by atoms with van der Waals surface area (Å²) >= 11 is 0. The van der Waals surface area contributed by atoms with E-state index in [9.17, 15) is 10.2 Å². The molecule has 1 aliphatic carbocycles. The second-order valence-corrected chi connectivity index (χ2v) is 5.57. The molecule has 3 nitrogen and oxygen atoms in total. The van der Waals surface area contributed by atoms with Gasteiger partial charge in [-0.05, 0) is 51.7 Å². The van der Waals surface area contributed by atoms with E-state index in [2.05, 4.69) is 0 Å². The van der Waals surface area contributed by atoms with Crippen LogP contribution in [0.4, 0.5) is 0 Å². The number of ether oxygens (including phenoxy) is 1. The molecule has 2 N–H and O–H groups in total. The molecule has 3 atom stereocenters. The third kappa shape index (κ3) is 2.68. The first-order chi connectivity index (χ1) is 8.40. The lowest BCUT2D eigenvalue weighted by Gasteiger charge is -2.27. The summed E-state index contributed by atoms with van der Waals surface area (Å²) in [5.41, 5.74) is 1.11. The molecule has 1 aliphatic rings. The zero-order valence-electron chi connectivity index (χ0n) is 11.3. The maximum atomic E-state index is 10.2. The van der Waals surface area contributed by atoms with Gasteiger partial charge >= 0.3 is 0 Å². The Bertz CT molecular complexity index is 424. The van der Waals surface area contributed by atoms with Crippen LogP contribution in [0.25, 0.3) is 0 Å². The quantitative estimate of drug-likeness (QED) is 0.867. The lowest BCUT2D eigenvalue weighted by Crippen LogP contribution is -2.38. The molecule has 1 fully saturated rings. The first-order valence-electron chi connectivity index (χ1n) is 6.58. The van der Waals surface area contributed by atoms with Crippen LogP contribution in [0.3, 0.4) is 0 Å². The zero-order valence-corrected chi connectivity index (χ0v) is 11.3. The summed E-state index contributed by atoms with van der Waals surface area (Å²) in [7, 11) is 0. The molecule has 0 heterocycles. The highest BCUT2D eigenvalue weighted by atomic mass is 16.5. The van der Waals surface area contributed by atoms with E-state index in [-0.39, 0.29) is 6.10 Å². The molecule has 3 heteroatoms. The van der Waals surface area contributed by atoms with Gasteiger partial charge in [0.05, 0.1) is 11.7 Å². The molecule has 0 aliphatic heterocycles. The smallest absolute Gasteiger partial charge is 0.127 e. The minimum absolute atomic E-state index is 0.184. The van der Waals surface area contributed by atoms with E-state index in [1.807, 2.05) is 32.0 Å². The summed E-state index contributed by atoms with van der Waals surface area (Å²) in [5.74, 6) is 0.692. The summed E-state index contributed by atoms with van der Waals surface area (Å²) < 4.78 is 5.95. The summed E-state index contributed by atoms with van der Waals surface area (Å²) in [4.78, 5) is 0. The van der Waals surface area contributed by atoms with Gasteiger partial charge < -0.3 is 14.9 Å². The van der Waals surface area contributed by atoms with Gasteiger partial charge in [0.15, 0.2) is 0 Å². The van der Waals surface area contributed by atoms with Crippen molar-refractivity contribution in [1.29, 1.82) is 0 Å². The van der Waals surface area contributed by atoms with Gasteiger partial charge in [-0.1, -0.05) is 12.1 Å². The summed E-state index contributed by atoms with van der Waals surface area (Å²) in [6, 6.07) is 5.77. The van der Waals surface area contributed by atoms with E-state index in [4.69, 9.17) is 4.74 Å². The number of benzene rings is 1. The Balaban J connectivity index is 2.25. The predicted octanol–water partition coefficient (Wildman–Crippen LogP) is 2.73.